The van der Waals surface area contributed by atoms with Gasteiger partial charge in [0.1, 0.15) is 48.2 Å². The number of carbonyl (C=O) groups excluding carboxylic acids is 2. The molecular formula is C14H24O8. The second-order valence-electron chi connectivity index (χ2n) is 5.88. The maximum absolute atomic E-state index is 10.4. The van der Waals surface area contributed by atoms with Crippen molar-refractivity contribution in [1.82, 2.24) is 0 Å². The highest BCUT2D eigenvalue weighted by molar-refractivity contribution is 5.49. The predicted octanol–water partition coefficient (Wildman–Crippen LogP) is -2.36. The second-order valence-corrected chi connectivity index (χ2v) is 5.88. The number of aliphatic hydroxyl groups excluding tert-OH is 4. The molecule has 0 unspecified atom stereocenters. The fourth-order valence-electron chi connectivity index (χ4n) is 2.97. The van der Waals surface area contributed by atoms with Crippen LogP contribution in [-0.4, -0.2) is 78.8 Å². The van der Waals surface area contributed by atoms with E-state index in [2.05, 4.69) is 0 Å². The van der Waals surface area contributed by atoms with Crippen molar-refractivity contribution in [1.29, 1.82) is 0 Å². The van der Waals surface area contributed by atoms with Crippen molar-refractivity contribution in [3.05, 3.63) is 0 Å². The lowest BCUT2D eigenvalue weighted by Gasteiger charge is -2.53. The van der Waals surface area contributed by atoms with Crippen molar-refractivity contribution < 1.29 is 40.2 Å². The Hall–Kier alpha value is -0.900. The number of hydrogen-bond acceptors (Lipinski definition) is 8. The molecule has 1 aliphatic rings. The first-order valence-electron chi connectivity index (χ1n) is 7.30. The summed E-state index contributed by atoms with van der Waals surface area (Å²) in [5.41, 5.74) is -4.47. The Bertz CT molecular complexity index is 333. The lowest BCUT2D eigenvalue weighted by Crippen LogP contribution is -2.75. The monoisotopic (exact) mass is 320 g/mol. The number of aldehydes is 2. The topological polar surface area (TPSA) is 156 Å². The Labute approximate surface area is 128 Å². The summed E-state index contributed by atoms with van der Waals surface area (Å²) in [6.45, 7) is 0. The first-order valence-corrected chi connectivity index (χ1v) is 7.30. The Morgan fingerprint density at radius 1 is 0.682 bits per heavy atom. The molecule has 0 bridgehead atoms. The van der Waals surface area contributed by atoms with Crippen molar-refractivity contribution in [3.8, 4) is 0 Å². The van der Waals surface area contributed by atoms with Crippen LogP contribution < -0.4 is 0 Å². The molecule has 0 heterocycles. The van der Waals surface area contributed by atoms with E-state index >= 15 is 0 Å². The lowest BCUT2D eigenvalue weighted by molar-refractivity contribution is -0.305. The van der Waals surface area contributed by atoms with Crippen molar-refractivity contribution >= 4 is 12.6 Å². The van der Waals surface area contributed by atoms with E-state index in [1.165, 1.54) is 0 Å². The zero-order chi connectivity index (χ0) is 17.0. The van der Waals surface area contributed by atoms with Crippen molar-refractivity contribution in [2.45, 2.75) is 74.1 Å². The van der Waals surface area contributed by atoms with Gasteiger partial charge in [0.15, 0.2) is 0 Å². The van der Waals surface area contributed by atoms with Crippen LogP contribution in [0.1, 0.15) is 38.5 Å². The fraction of sp³-hybridized carbons (Fsp3) is 0.857. The molecule has 0 spiro atoms. The van der Waals surface area contributed by atoms with Crippen molar-refractivity contribution in [3.63, 3.8) is 0 Å². The molecule has 0 saturated heterocycles. The summed E-state index contributed by atoms with van der Waals surface area (Å²) in [6, 6.07) is 0. The van der Waals surface area contributed by atoms with Crippen LogP contribution >= 0.6 is 0 Å². The summed E-state index contributed by atoms with van der Waals surface area (Å²) in [5, 5.41) is 61.1. The fourth-order valence-corrected chi connectivity index (χ4v) is 2.97. The van der Waals surface area contributed by atoms with Gasteiger partial charge in [-0.3, -0.25) is 0 Å². The van der Waals surface area contributed by atoms with E-state index in [9.17, 15) is 40.2 Å². The number of rotatable bonds is 8. The Kier molecular flexibility index (Phi) is 6.60. The van der Waals surface area contributed by atoms with Gasteiger partial charge in [-0.25, -0.2) is 0 Å². The van der Waals surface area contributed by atoms with Gasteiger partial charge in [-0.15, -0.1) is 0 Å². The van der Waals surface area contributed by atoms with Crippen LogP contribution in [0.2, 0.25) is 0 Å². The molecular weight excluding hydrogens is 296 g/mol. The second kappa shape index (κ2) is 7.58. The number of hydrogen-bond donors (Lipinski definition) is 6. The third kappa shape index (κ3) is 3.37. The van der Waals surface area contributed by atoms with Crippen LogP contribution in [0, 0.1) is 0 Å². The molecule has 1 saturated carbocycles. The van der Waals surface area contributed by atoms with E-state index in [-0.39, 0.29) is 38.5 Å². The van der Waals surface area contributed by atoms with Gasteiger partial charge in [0.25, 0.3) is 0 Å². The highest BCUT2D eigenvalue weighted by atomic mass is 16.4. The molecule has 0 aliphatic heterocycles. The maximum Gasteiger partial charge on any atom is 0.122 e. The Morgan fingerprint density at radius 3 is 1.18 bits per heavy atom. The molecule has 128 valence electrons. The molecule has 0 radical (unpaired) electrons. The maximum atomic E-state index is 10.4. The Balaban J connectivity index is 2.94. The average molecular weight is 320 g/mol. The van der Waals surface area contributed by atoms with Gasteiger partial charge < -0.3 is 40.2 Å². The van der Waals surface area contributed by atoms with Gasteiger partial charge in [0.2, 0.25) is 0 Å². The van der Waals surface area contributed by atoms with Crippen LogP contribution in [-0.2, 0) is 9.59 Å². The standard InChI is InChI=1S/C14H24O8/c15-7-3-1-5-13(21)9(17)11(19)14(22,6-2-4-8-16)12(20)10(13)18/h7-12,17-22H,1-6H2/t9-,10+,11-,12+,13-,14+. The summed E-state index contributed by atoms with van der Waals surface area (Å²) in [6.07, 6.45) is -6.43. The van der Waals surface area contributed by atoms with E-state index in [4.69, 9.17) is 0 Å². The van der Waals surface area contributed by atoms with Gasteiger partial charge in [0, 0.05) is 12.8 Å². The largest absolute Gasteiger partial charge is 0.387 e. The molecule has 22 heavy (non-hydrogen) atoms. The van der Waals surface area contributed by atoms with Crippen molar-refractivity contribution in [2.75, 3.05) is 0 Å². The Morgan fingerprint density at radius 2 is 0.955 bits per heavy atom. The number of aliphatic hydroxyl groups is 6. The molecule has 1 fully saturated rings. The molecule has 8 nitrogen and oxygen atoms in total. The minimum Gasteiger partial charge on any atom is -0.387 e. The quantitative estimate of drug-likeness (QED) is 0.214. The van der Waals surface area contributed by atoms with Gasteiger partial charge in [0.05, 0.1) is 0 Å². The van der Waals surface area contributed by atoms with Gasteiger partial charge in [-0.1, -0.05) is 0 Å². The summed E-state index contributed by atoms with van der Waals surface area (Å²) in [7, 11) is 0. The van der Waals surface area contributed by atoms with Crippen LogP contribution in [0.4, 0.5) is 0 Å². The minimum absolute atomic E-state index is 0.0809. The van der Waals surface area contributed by atoms with Crippen LogP contribution in [0.3, 0.4) is 0 Å². The number of unbranched alkanes of at least 4 members (excludes halogenated alkanes) is 2. The highest BCUT2D eigenvalue weighted by Gasteiger charge is 2.63. The van der Waals surface area contributed by atoms with Crippen LogP contribution in [0.5, 0.6) is 0 Å². The first-order chi connectivity index (χ1) is 10.3. The van der Waals surface area contributed by atoms with E-state index in [1.54, 1.807) is 0 Å². The molecule has 0 aromatic rings. The summed E-state index contributed by atoms with van der Waals surface area (Å²) < 4.78 is 0. The van der Waals surface area contributed by atoms with Crippen LogP contribution in [0.15, 0.2) is 0 Å². The molecule has 6 N–H and O–H groups in total. The molecule has 6 atom stereocenters. The van der Waals surface area contributed by atoms with E-state index in [0.717, 1.165) is 0 Å². The minimum atomic E-state index is -2.24. The third-order valence-corrected chi connectivity index (χ3v) is 4.45. The highest BCUT2D eigenvalue weighted by Crippen LogP contribution is 2.41. The molecule has 0 aromatic carbocycles. The molecule has 0 amide bonds. The SMILES string of the molecule is O=CCCC[C@@]1(O)[C@H](O)[C@@H](O)[C@@](O)(CCCC=O)[C@@H](O)[C@@H]1O. The van der Waals surface area contributed by atoms with E-state index < -0.39 is 35.6 Å². The van der Waals surface area contributed by atoms with Gasteiger partial charge in [-0.05, 0) is 25.7 Å². The van der Waals surface area contributed by atoms with E-state index in [0.29, 0.717) is 12.6 Å². The summed E-state index contributed by atoms with van der Waals surface area (Å²) >= 11 is 0. The average Bonchev–Trinajstić information content (AvgIpc) is 2.50. The van der Waals surface area contributed by atoms with Gasteiger partial charge >= 0.3 is 0 Å². The molecule has 1 aliphatic carbocycles. The zero-order valence-electron chi connectivity index (χ0n) is 12.2. The van der Waals surface area contributed by atoms with Gasteiger partial charge in [-0.2, -0.15) is 0 Å². The summed E-state index contributed by atoms with van der Waals surface area (Å²) in [5.74, 6) is 0. The van der Waals surface area contributed by atoms with Crippen LogP contribution in [0.25, 0.3) is 0 Å². The number of carbonyl (C=O) groups is 2. The zero-order valence-corrected chi connectivity index (χ0v) is 12.2. The third-order valence-electron chi connectivity index (χ3n) is 4.45. The normalized spacial score (nSPS) is 42.1. The van der Waals surface area contributed by atoms with E-state index in [1.807, 2.05) is 0 Å². The predicted molar refractivity (Wildman–Crippen MR) is 73.8 cm³/mol. The smallest absolute Gasteiger partial charge is 0.122 e. The molecule has 1 rings (SSSR count). The first kappa shape index (κ1) is 19.1. The molecule has 0 aromatic heterocycles. The summed E-state index contributed by atoms with van der Waals surface area (Å²) in [4.78, 5) is 20.6. The lowest BCUT2D eigenvalue weighted by atomic mass is 9.65. The van der Waals surface area contributed by atoms with Crippen molar-refractivity contribution in [2.24, 2.45) is 0 Å². The molecule has 8 heteroatoms.